The van der Waals surface area contributed by atoms with E-state index in [0.29, 0.717) is 22.1 Å². The van der Waals surface area contributed by atoms with E-state index in [9.17, 15) is 9.59 Å². The molecule has 1 fully saturated rings. The van der Waals surface area contributed by atoms with Crippen LogP contribution in [0.4, 0.5) is 5.82 Å². The monoisotopic (exact) mass is 449 g/mol. The lowest BCUT2D eigenvalue weighted by Gasteiger charge is -2.14. The normalized spacial score (nSPS) is 14.2. The SMILES string of the molecule is COc1ccc(-c2cc3ncn(CC(=O)Nc4ccnn4C4CCCC4)c(=O)c3s2)cc1. The molecule has 1 amide bonds. The number of aromatic nitrogens is 4. The number of hydrogen-bond donors (Lipinski definition) is 1. The number of carbonyl (C=O) groups is 1. The predicted molar refractivity (Wildman–Crippen MR) is 124 cm³/mol. The third-order valence-electron chi connectivity index (χ3n) is 5.80. The number of hydrogen-bond acceptors (Lipinski definition) is 6. The maximum atomic E-state index is 13.0. The van der Waals surface area contributed by atoms with Gasteiger partial charge in [0.15, 0.2) is 0 Å². The number of methoxy groups -OCH3 is 1. The molecule has 3 heterocycles. The largest absolute Gasteiger partial charge is 0.497 e. The Morgan fingerprint density at radius 3 is 2.75 bits per heavy atom. The quantitative estimate of drug-likeness (QED) is 0.479. The maximum absolute atomic E-state index is 13.0. The fourth-order valence-electron chi connectivity index (χ4n) is 4.15. The molecule has 0 atom stereocenters. The molecular formula is C23H23N5O3S. The first-order chi connectivity index (χ1) is 15.6. The van der Waals surface area contributed by atoms with Crippen molar-refractivity contribution in [2.24, 2.45) is 0 Å². The summed E-state index contributed by atoms with van der Waals surface area (Å²) in [6.07, 6.45) is 7.62. The summed E-state index contributed by atoms with van der Waals surface area (Å²) in [7, 11) is 1.62. The fraction of sp³-hybridized carbons (Fsp3) is 0.304. The highest BCUT2D eigenvalue weighted by atomic mass is 32.1. The summed E-state index contributed by atoms with van der Waals surface area (Å²) in [6, 6.07) is 11.7. The smallest absolute Gasteiger partial charge is 0.271 e. The first kappa shape index (κ1) is 20.4. The van der Waals surface area contributed by atoms with Gasteiger partial charge in [0.05, 0.1) is 31.2 Å². The van der Waals surface area contributed by atoms with E-state index in [1.54, 1.807) is 19.4 Å². The van der Waals surface area contributed by atoms with Crippen LogP contribution in [0.3, 0.4) is 0 Å². The van der Waals surface area contributed by atoms with Crippen LogP contribution >= 0.6 is 11.3 Å². The van der Waals surface area contributed by atoms with Crippen LogP contribution < -0.4 is 15.6 Å². The van der Waals surface area contributed by atoms with Crippen LogP contribution in [0.15, 0.2) is 53.7 Å². The summed E-state index contributed by atoms with van der Waals surface area (Å²) in [4.78, 5) is 31.0. The van der Waals surface area contributed by atoms with E-state index in [2.05, 4.69) is 15.4 Å². The number of anilines is 1. The lowest BCUT2D eigenvalue weighted by Crippen LogP contribution is -2.28. The molecule has 32 heavy (non-hydrogen) atoms. The van der Waals surface area contributed by atoms with E-state index in [-0.39, 0.29) is 18.0 Å². The van der Waals surface area contributed by atoms with Gasteiger partial charge in [0.2, 0.25) is 5.91 Å². The van der Waals surface area contributed by atoms with Gasteiger partial charge in [0.25, 0.3) is 5.56 Å². The minimum absolute atomic E-state index is 0.104. The fourth-order valence-corrected chi connectivity index (χ4v) is 5.21. The van der Waals surface area contributed by atoms with Gasteiger partial charge >= 0.3 is 0 Å². The number of rotatable bonds is 6. The Hall–Kier alpha value is -3.46. The molecule has 1 aromatic carbocycles. The number of nitrogens with zero attached hydrogens (tertiary/aromatic N) is 4. The Balaban J connectivity index is 1.35. The summed E-state index contributed by atoms with van der Waals surface area (Å²) in [5.41, 5.74) is 1.39. The van der Waals surface area contributed by atoms with Gasteiger partial charge in [0, 0.05) is 10.9 Å². The molecule has 1 aliphatic rings. The molecule has 0 saturated heterocycles. The number of nitrogens with one attached hydrogen (secondary N) is 1. The van der Waals surface area contributed by atoms with Crippen LogP contribution in [0.2, 0.25) is 0 Å². The minimum Gasteiger partial charge on any atom is -0.497 e. The zero-order chi connectivity index (χ0) is 22.1. The molecule has 3 aromatic heterocycles. The van der Waals surface area contributed by atoms with Crippen LogP contribution in [-0.2, 0) is 11.3 Å². The topological polar surface area (TPSA) is 91.0 Å². The second-order valence-electron chi connectivity index (χ2n) is 7.88. The highest BCUT2D eigenvalue weighted by Gasteiger charge is 2.21. The number of thiophene rings is 1. The zero-order valence-corrected chi connectivity index (χ0v) is 18.5. The van der Waals surface area contributed by atoms with Crippen molar-refractivity contribution in [2.45, 2.75) is 38.3 Å². The van der Waals surface area contributed by atoms with Gasteiger partial charge in [-0.1, -0.05) is 12.8 Å². The predicted octanol–water partition coefficient (Wildman–Crippen LogP) is 4.08. The van der Waals surface area contributed by atoms with Gasteiger partial charge in [-0.3, -0.25) is 14.2 Å². The van der Waals surface area contributed by atoms with Crippen molar-refractivity contribution in [1.29, 1.82) is 0 Å². The summed E-state index contributed by atoms with van der Waals surface area (Å²) < 4.78 is 8.97. The highest BCUT2D eigenvalue weighted by Crippen LogP contribution is 2.32. The van der Waals surface area contributed by atoms with Gasteiger partial charge < -0.3 is 10.1 Å². The second-order valence-corrected chi connectivity index (χ2v) is 8.93. The second kappa shape index (κ2) is 8.58. The van der Waals surface area contributed by atoms with Crippen LogP contribution in [0.1, 0.15) is 31.7 Å². The maximum Gasteiger partial charge on any atom is 0.271 e. The van der Waals surface area contributed by atoms with Gasteiger partial charge in [-0.25, -0.2) is 9.67 Å². The number of carbonyl (C=O) groups excluding carboxylic acids is 1. The van der Waals surface area contributed by atoms with Crippen LogP contribution in [0.5, 0.6) is 5.75 Å². The first-order valence-corrected chi connectivity index (χ1v) is 11.4. The molecule has 1 saturated carbocycles. The molecule has 164 valence electrons. The number of amides is 1. The van der Waals surface area contributed by atoms with E-state index in [1.807, 2.05) is 35.0 Å². The molecule has 0 bridgehead atoms. The van der Waals surface area contributed by atoms with Crippen molar-refractivity contribution in [1.82, 2.24) is 19.3 Å². The standard InChI is InChI=1S/C23H23N5O3S/c1-31-17-8-6-15(7-9-17)19-12-18-22(32-19)23(30)27(14-24-18)13-21(29)26-20-10-11-25-28(20)16-4-2-3-5-16/h6-12,14,16H,2-5,13H2,1H3,(H,26,29). The van der Waals surface area contributed by atoms with E-state index < -0.39 is 0 Å². The average Bonchev–Trinajstić information content (AvgIpc) is 3.56. The van der Waals surface area contributed by atoms with E-state index in [1.165, 1.54) is 35.1 Å². The third-order valence-corrected chi connectivity index (χ3v) is 6.96. The molecule has 0 unspecified atom stereocenters. The van der Waals surface area contributed by atoms with Crippen molar-refractivity contribution < 1.29 is 9.53 Å². The summed E-state index contributed by atoms with van der Waals surface area (Å²) in [6.45, 7) is -0.104. The van der Waals surface area contributed by atoms with Crippen molar-refractivity contribution >= 4 is 33.3 Å². The van der Waals surface area contributed by atoms with Crippen molar-refractivity contribution in [3.63, 3.8) is 0 Å². The molecule has 8 nitrogen and oxygen atoms in total. The molecule has 0 radical (unpaired) electrons. The molecule has 1 aliphatic carbocycles. The molecule has 0 aliphatic heterocycles. The molecule has 0 spiro atoms. The molecule has 4 aromatic rings. The molecule has 1 N–H and O–H groups in total. The summed E-state index contributed by atoms with van der Waals surface area (Å²) in [5.74, 6) is 1.16. The third kappa shape index (κ3) is 3.91. The molecule has 9 heteroatoms. The number of benzene rings is 1. The lowest BCUT2D eigenvalue weighted by atomic mass is 10.2. The van der Waals surface area contributed by atoms with Gasteiger partial charge in [0.1, 0.15) is 22.8 Å². The van der Waals surface area contributed by atoms with Crippen molar-refractivity contribution in [3.8, 4) is 16.2 Å². The minimum atomic E-state index is -0.278. The summed E-state index contributed by atoms with van der Waals surface area (Å²) >= 11 is 1.37. The van der Waals surface area contributed by atoms with Gasteiger partial charge in [-0.2, -0.15) is 5.10 Å². The van der Waals surface area contributed by atoms with Gasteiger partial charge in [-0.15, -0.1) is 11.3 Å². The molecule has 5 rings (SSSR count). The Labute approximate surface area is 188 Å². The molecular weight excluding hydrogens is 426 g/mol. The van der Waals surface area contributed by atoms with Crippen LogP contribution in [0.25, 0.3) is 20.7 Å². The highest BCUT2D eigenvalue weighted by molar-refractivity contribution is 7.22. The van der Waals surface area contributed by atoms with Crippen molar-refractivity contribution in [3.05, 3.63) is 59.3 Å². The van der Waals surface area contributed by atoms with E-state index in [4.69, 9.17) is 4.74 Å². The lowest BCUT2D eigenvalue weighted by molar-refractivity contribution is -0.116. The number of ether oxygens (including phenoxy) is 1. The Kier molecular flexibility index (Phi) is 5.48. The first-order valence-electron chi connectivity index (χ1n) is 10.6. The average molecular weight is 450 g/mol. The van der Waals surface area contributed by atoms with Crippen LogP contribution in [-0.4, -0.2) is 32.3 Å². The Morgan fingerprint density at radius 1 is 1.22 bits per heavy atom. The number of fused-ring (bicyclic) bond motifs is 1. The summed E-state index contributed by atoms with van der Waals surface area (Å²) in [5, 5.41) is 7.27. The van der Waals surface area contributed by atoms with Crippen molar-refractivity contribution in [2.75, 3.05) is 12.4 Å². The zero-order valence-electron chi connectivity index (χ0n) is 17.7. The van der Waals surface area contributed by atoms with E-state index in [0.717, 1.165) is 29.0 Å². The Bertz CT molecular complexity index is 1320. The van der Waals surface area contributed by atoms with E-state index >= 15 is 0 Å². The van der Waals surface area contributed by atoms with Crippen LogP contribution in [0, 0.1) is 0 Å². The van der Waals surface area contributed by atoms with Gasteiger partial charge in [-0.05, 0) is 48.7 Å². The Morgan fingerprint density at radius 2 is 2.00 bits per heavy atom.